The number of amides is 3. The molecule has 11 nitrogen and oxygen atoms in total. The molecular formula is C30H29N6O5S+. The molecule has 1 aliphatic rings. The monoisotopic (exact) mass is 585 g/mol. The molecule has 0 aliphatic carbocycles. The van der Waals surface area contributed by atoms with Crippen LogP contribution in [0.2, 0.25) is 0 Å². The summed E-state index contributed by atoms with van der Waals surface area (Å²) in [6, 6.07) is 23.7. The van der Waals surface area contributed by atoms with Crippen LogP contribution in [-0.2, 0) is 23.2 Å². The second-order valence-electron chi connectivity index (χ2n) is 9.44. The number of hydrogen-bond acceptors (Lipinski definition) is 7. The third kappa shape index (κ3) is 6.13. The molecule has 0 spiro atoms. The van der Waals surface area contributed by atoms with Crippen molar-refractivity contribution in [1.82, 2.24) is 10.2 Å². The number of benzene rings is 3. The number of hydrogen-bond donors (Lipinski definition) is 2. The van der Waals surface area contributed by atoms with Gasteiger partial charge in [0.15, 0.2) is 12.2 Å². The highest BCUT2D eigenvalue weighted by Crippen LogP contribution is 2.29. The molecule has 1 unspecified atom stereocenters. The van der Waals surface area contributed by atoms with Crippen LogP contribution in [-0.4, -0.2) is 45.7 Å². The summed E-state index contributed by atoms with van der Waals surface area (Å²) in [4.78, 5) is 42.9. The third-order valence-corrected chi connectivity index (χ3v) is 7.07. The van der Waals surface area contributed by atoms with E-state index in [1.807, 2.05) is 19.1 Å². The Labute approximate surface area is 247 Å². The van der Waals surface area contributed by atoms with E-state index >= 15 is 0 Å². The first-order chi connectivity index (χ1) is 20.4. The minimum Gasteiger partial charge on any atom is -0.494 e. The van der Waals surface area contributed by atoms with Crippen LogP contribution >= 0.6 is 12.2 Å². The van der Waals surface area contributed by atoms with Gasteiger partial charge in [0, 0.05) is 11.3 Å². The predicted molar refractivity (Wildman–Crippen MR) is 159 cm³/mol. The van der Waals surface area contributed by atoms with Gasteiger partial charge in [-0.15, -0.1) is 0 Å². The van der Waals surface area contributed by atoms with E-state index in [1.165, 1.54) is 9.58 Å². The zero-order valence-corrected chi connectivity index (χ0v) is 23.8. The van der Waals surface area contributed by atoms with Crippen molar-refractivity contribution in [1.29, 1.82) is 0 Å². The maximum Gasteiger partial charge on any atom is 0.307 e. The molecule has 2 heterocycles. The summed E-state index contributed by atoms with van der Waals surface area (Å²) in [5.41, 5.74) is 2.05. The SMILES string of the molecule is CCOc1ccc(NC(=O)CC2C(=O)N(c3ccccc3)C(=S)N2Cc2c(NC(=O)c3ccccc3)on[n+]2C)cc1. The van der Waals surface area contributed by atoms with Crippen LogP contribution < -0.4 is 25.0 Å². The van der Waals surface area contributed by atoms with E-state index in [4.69, 9.17) is 21.5 Å². The van der Waals surface area contributed by atoms with Crippen molar-refractivity contribution in [3.63, 3.8) is 0 Å². The van der Waals surface area contributed by atoms with Gasteiger partial charge >= 0.3 is 5.88 Å². The van der Waals surface area contributed by atoms with Crippen LogP contribution in [0, 0.1) is 0 Å². The second-order valence-corrected chi connectivity index (χ2v) is 9.80. The molecule has 1 fully saturated rings. The molecule has 4 aromatic rings. The topological polar surface area (TPSA) is 121 Å². The van der Waals surface area contributed by atoms with Crippen molar-refractivity contribution in [3.8, 4) is 5.75 Å². The van der Waals surface area contributed by atoms with Gasteiger partial charge in [0.25, 0.3) is 17.5 Å². The number of thiocarbonyl (C=S) groups is 1. The lowest BCUT2D eigenvalue weighted by Crippen LogP contribution is -2.43. The molecule has 0 bridgehead atoms. The Morgan fingerprint density at radius 1 is 1.00 bits per heavy atom. The number of nitrogens with one attached hydrogen (secondary N) is 2. The Hall–Kier alpha value is -5.10. The highest BCUT2D eigenvalue weighted by Gasteiger charge is 2.46. The van der Waals surface area contributed by atoms with E-state index in [0.717, 1.165) is 0 Å². The van der Waals surface area contributed by atoms with Crippen molar-refractivity contribution in [2.75, 3.05) is 22.1 Å². The number of ether oxygens (including phenoxy) is 1. The number of para-hydroxylation sites is 1. The summed E-state index contributed by atoms with van der Waals surface area (Å²) in [5, 5.41) is 9.76. The highest BCUT2D eigenvalue weighted by atomic mass is 32.1. The van der Waals surface area contributed by atoms with Crippen LogP contribution in [0.3, 0.4) is 0 Å². The fourth-order valence-corrected chi connectivity index (χ4v) is 4.95. The summed E-state index contributed by atoms with van der Waals surface area (Å²) in [6.07, 6.45) is -0.170. The van der Waals surface area contributed by atoms with Gasteiger partial charge < -0.3 is 15.0 Å². The number of aromatic nitrogens is 2. The van der Waals surface area contributed by atoms with Gasteiger partial charge in [-0.25, -0.2) is 0 Å². The van der Waals surface area contributed by atoms with Crippen molar-refractivity contribution >= 4 is 52.3 Å². The molecule has 1 aromatic heterocycles. The zero-order chi connectivity index (χ0) is 29.6. The number of rotatable bonds is 10. The van der Waals surface area contributed by atoms with Crippen molar-refractivity contribution in [2.24, 2.45) is 7.05 Å². The van der Waals surface area contributed by atoms with E-state index in [9.17, 15) is 14.4 Å². The maximum atomic E-state index is 13.8. The van der Waals surface area contributed by atoms with Gasteiger partial charge in [0.05, 0.1) is 18.7 Å². The first-order valence-corrected chi connectivity index (χ1v) is 13.7. The average molecular weight is 586 g/mol. The lowest BCUT2D eigenvalue weighted by atomic mass is 10.1. The molecule has 214 valence electrons. The molecule has 1 saturated heterocycles. The van der Waals surface area contributed by atoms with Gasteiger partial charge in [-0.1, -0.05) is 36.4 Å². The first-order valence-electron chi connectivity index (χ1n) is 13.3. The van der Waals surface area contributed by atoms with Crippen LogP contribution in [0.25, 0.3) is 0 Å². The van der Waals surface area contributed by atoms with Gasteiger partial charge in [-0.2, -0.15) is 0 Å². The van der Waals surface area contributed by atoms with E-state index in [0.29, 0.717) is 35.0 Å². The Morgan fingerprint density at radius 3 is 2.33 bits per heavy atom. The van der Waals surface area contributed by atoms with Crippen LogP contribution in [0.15, 0.2) is 89.5 Å². The number of carbonyl (C=O) groups is 3. The minimum atomic E-state index is -0.923. The Morgan fingerprint density at radius 2 is 1.67 bits per heavy atom. The van der Waals surface area contributed by atoms with Crippen LogP contribution in [0.1, 0.15) is 29.4 Å². The molecule has 42 heavy (non-hydrogen) atoms. The predicted octanol–water partition coefficient (Wildman–Crippen LogP) is 3.68. The summed E-state index contributed by atoms with van der Waals surface area (Å²) in [5.74, 6) is -0.300. The Kier molecular flexibility index (Phi) is 8.53. The highest BCUT2D eigenvalue weighted by molar-refractivity contribution is 7.80. The molecule has 1 aliphatic heterocycles. The fourth-order valence-electron chi connectivity index (χ4n) is 4.56. The summed E-state index contributed by atoms with van der Waals surface area (Å²) >= 11 is 5.78. The summed E-state index contributed by atoms with van der Waals surface area (Å²) in [7, 11) is 1.65. The summed E-state index contributed by atoms with van der Waals surface area (Å²) in [6.45, 7) is 2.47. The first kappa shape index (κ1) is 28.4. The van der Waals surface area contributed by atoms with Crippen LogP contribution in [0.5, 0.6) is 5.75 Å². The molecule has 0 radical (unpaired) electrons. The van der Waals surface area contributed by atoms with Gasteiger partial charge in [0.1, 0.15) is 18.3 Å². The van der Waals surface area contributed by atoms with Crippen molar-refractivity contribution in [3.05, 3.63) is 96.2 Å². The summed E-state index contributed by atoms with van der Waals surface area (Å²) < 4.78 is 12.3. The smallest absolute Gasteiger partial charge is 0.307 e. The third-order valence-electron chi connectivity index (χ3n) is 6.65. The minimum absolute atomic E-state index is 0.0410. The molecule has 3 aromatic carbocycles. The molecule has 3 amide bonds. The van der Waals surface area contributed by atoms with Gasteiger partial charge in [-0.3, -0.25) is 29.1 Å². The van der Waals surface area contributed by atoms with Gasteiger partial charge in [0.2, 0.25) is 11.2 Å². The Bertz CT molecular complexity index is 1590. The molecular weight excluding hydrogens is 556 g/mol. The second kappa shape index (κ2) is 12.6. The van der Waals surface area contributed by atoms with Gasteiger partial charge in [-0.05, 0) is 72.4 Å². The molecule has 1 atom stereocenters. The molecule has 2 N–H and O–H groups in total. The van der Waals surface area contributed by atoms with E-state index in [2.05, 4.69) is 15.9 Å². The molecule has 0 saturated carbocycles. The number of carbonyl (C=O) groups excluding carboxylic acids is 3. The normalized spacial score (nSPS) is 14.7. The number of nitrogens with zero attached hydrogens (tertiary/aromatic N) is 4. The van der Waals surface area contributed by atoms with E-state index in [1.54, 1.807) is 84.7 Å². The quantitative estimate of drug-likeness (QED) is 0.214. The lowest BCUT2D eigenvalue weighted by molar-refractivity contribution is -0.746. The van der Waals surface area contributed by atoms with Crippen LogP contribution in [0.4, 0.5) is 17.3 Å². The lowest BCUT2D eigenvalue weighted by Gasteiger charge is -2.22. The Balaban J connectivity index is 1.39. The maximum absolute atomic E-state index is 13.8. The van der Waals surface area contributed by atoms with Crippen molar-refractivity contribution in [2.45, 2.75) is 25.9 Å². The zero-order valence-electron chi connectivity index (χ0n) is 23.0. The largest absolute Gasteiger partial charge is 0.494 e. The molecule has 5 rings (SSSR count). The standard InChI is InChI=1S/C30H28N6O5S/c1-3-40-23-16-14-21(15-17-23)31-26(37)18-24-29(39)36(22-12-8-5-9-13-22)30(42)35(24)19-25-28(41-33-34(25)2)32-27(38)20-10-6-4-7-11-20/h4-17,24H,3,18-19H2,1-2H3,(H-,31,32,33,37,38)/p+1. The number of aryl methyl sites for hydroxylation is 1. The number of anilines is 3. The molecule has 12 heteroatoms. The van der Waals surface area contributed by atoms with E-state index in [-0.39, 0.29) is 41.7 Å². The fraction of sp³-hybridized carbons (Fsp3) is 0.200. The van der Waals surface area contributed by atoms with E-state index < -0.39 is 6.04 Å². The average Bonchev–Trinajstić information content (AvgIpc) is 3.45. The van der Waals surface area contributed by atoms with Crippen molar-refractivity contribution < 1.29 is 28.3 Å².